The molecular formula is C7H12NY-. The molecule has 49 valence electrons. The third kappa shape index (κ3) is 1.39. The van der Waals surface area contributed by atoms with Gasteiger partial charge in [-0.1, -0.05) is 6.42 Å². The van der Waals surface area contributed by atoms with Gasteiger partial charge >= 0.3 is 0 Å². The van der Waals surface area contributed by atoms with Crippen molar-refractivity contribution >= 4 is 0 Å². The molecule has 0 aromatic rings. The average molecular weight is 199 g/mol. The van der Waals surface area contributed by atoms with Gasteiger partial charge in [-0.05, 0) is 18.5 Å². The van der Waals surface area contributed by atoms with Crippen LogP contribution in [0.15, 0.2) is 0 Å². The molecule has 2 aliphatic rings. The molecule has 0 atom stereocenters. The molecule has 9 heavy (non-hydrogen) atoms. The first kappa shape index (κ1) is 8.16. The molecule has 2 heteroatoms. The summed E-state index contributed by atoms with van der Waals surface area (Å²) in [5.74, 6) is 0. The van der Waals surface area contributed by atoms with Gasteiger partial charge in [0.15, 0.2) is 0 Å². The van der Waals surface area contributed by atoms with Gasteiger partial charge in [-0.2, -0.15) is 12.8 Å². The Bertz CT molecular complexity index is 91.1. The van der Waals surface area contributed by atoms with E-state index in [2.05, 4.69) is 11.7 Å². The molecule has 2 fully saturated rings. The van der Waals surface area contributed by atoms with Crippen molar-refractivity contribution in [3.63, 3.8) is 0 Å². The SMILES string of the molecule is [CH-]1CCC2(C1)CNC2.[Y]. The van der Waals surface area contributed by atoms with E-state index in [0.29, 0.717) is 0 Å². The Labute approximate surface area is 81.9 Å². The van der Waals surface area contributed by atoms with Crippen LogP contribution in [-0.4, -0.2) is 13.1 Å². The zero-order chi connectivity index (χ0) is 5.45. The van der Waals surface area contributed by atoms with Gasteiger partial charge in [0.1, 0.15) is 0 Å². The fourth-order valence-electron chi connectivity index (χ4n) is 1.72. The molecule has 0 unspecified atom stereocenters. The van der Waals surface area contributed by atoms with Gasteiger partial charge in [0.25, 0.3) is 0 Å². The average Bonchev–Trinajstić information content (AvgIpc) is 2.07. The van der Waals surface area contributed by atoms with Crippen LogP contribution in [0.1, 0.15) is 19.3 Å². The van der Waals surface area contributed by atoms with Gasteiger partial charge in [0, 0.05) is 32.7 Å². The molecule has 0 aromatic heterocycles. The molecule has 0 amide bonds. The van der Waals surface area contributed by atoms with Crippen molar-refractivity contribution in [2.45, 2.75) is 19.3 Å². The largest absolute Gasteiger partial charge is 0.328 e. The number of hydrogen-bond donors (Lipinski definition) is 1. The minimum Gasteiger partial charge on any atom is -0.328 e. The summed E-state index contributed by atoms with van der Waals surface area (Å²) < 4.78 is 0. The molecule has 1 radical (unpaired) electrons. The molecule has 1 aliphatic carbocycles. The van der Waals surface area contributed by atoms with Crippen LogP contribution in [0.25, 0.3) is 0 Å². The van der Waals surface area contributed by atoms with Gasteiger partial charge in [0.05, 0.1) is 0 Å². The fourth-order valence-corrected chi connectivity index (χ4v) is 1.72. The van der Waals surface area contributed by atoms with Crippen LogP contribution in [-0.2, 0) is 32.7 Å². The first-order valence-corrected chi connectivity index (χ1v) is 3.44. The van der Waals surface area contributed by atoms with Crippen LogP contribution in [0.4, 0.5) is 0 Å². The Kier molecular flexibility index (Phi) is 2.70. The van der Waals surface area contributed by atoms with Gasteiger partial charge in [-0.3, -0.25) is 0 Å². The van der Waals surface area contributed by atoms with Crippen LogP contribution in [0.3, 0.4) is 0 Å². The Morgan fingerprint density at radius 2 is 2.11 bits per heavy atom. The van der Waals surface area contributed by atoms with E-state index < -0.39 is 0 Å². The molecule has 2 rings (SSSR count). The maximum atomic E-state index is 3.32. The minimum atomic E-state index is 0. The molecule has 1 spiro atoms. The molecule has 1 N–H and O–H groups in total. The third-order valence-electron chi connectivity index (χ3n) is 2.46. The molecule has 1 nitrogen and oxygen atoms in total. The molecule has 0 bridgehead atoms. The summed E-state index contributed by atoms with van der Waals surface area (Å²) in [5.41, 5.74) is 0.750. The molecule has 1 saturated heterocycles. The zero-order valence-electron chi connectivity index (χ0n) is 5.69. The minimum absolute atomic E-state index is 0. The normalized spacial score (nSPS) is 29.3. The van der Waals surface area contributed by atoms with E-state index >= 15 is 0 Å². The van der Waals surface area contributed by atoms with Crippen molar-refractivity contribution in [3.8, 4) is 0 Å². The third-order valence-corrected chi connectivity index (χ3v) is 2.46. The van der Waals surface area contributed by atoms with Crippen molar-refractivity contribution in [2.75, 3.05) is 13.1 Å². The van der Waals surface area contributed by atoms with E-state index in [0.717, 1.165) is 5.41 Å². The molecule has 1 heterocycles. The zero-order valence-corrected chi connectivity index (χ0v) is 8.53. The smallest absolute Gasteiger partial charge is 0 e. The summed E-state index contributed by atoms with van der Waals surface area (Å²) in [7, 11) is 0. The molecular weight excluding hydrogens is 187 g/mol. The second-order valence-corrected chi connectivity index (χ2v) is 3.14. The van der Waals surface area contributed by atoms with E-state index in [-0.39, 0.29) is 32.7 Å². The van der Waals surface area contributed by atoms with E-state index in [1.807, 2.05) is 0 Å². The van der Waals surface area contributed by atoms with Gasteiger partial charge in [-0.15, -0.1) is 0 Å². The Morgan fingerprint density at radius 3 is 2.33 bits per heavy atom. The Hall–Kier alpha value is 1.06. The Balaban J connectivity index is 0.000000405. The van der Waals surface area contributed by atoms with Crippen LogP contribution in [0.2, 0.25) is 0 Å². The van der Waals surface area contributed by atoms with Crippen molar-refractivity contribution < 1.29 is 32.7 Å². The van der Waals surface area contributed by atoms with Crippen molar-refractivity contribution in [2.24, 2.45) is 5.41 Å². The molecule has 0 aromatic carbocycles. The monoisotopic (exact) mass is 199 g/mol. The van der Waals surface area contributed by atoms with Crippen molar-refractivity contribution in [1.82, 2.24) is 5.32 Å². The summed E-state index contributed by atoms with van der Waals surface area (Å²) in [5, 5.41) is 3.32. The summed E-state index contributed by atoms with van der Waals surface area (Å²) in [6.45, 7) is 2.56. The molecule has 1 aliphatic heterocycles. The quantitative estimate of drug-likeness (QED) is 0.573. The van der Waals surface area contributed by atoms with E-state index in [1.165, 1.54) is 32.4 Å². The van der Waals surface area contributed by atoms with Gasteiger partial charge in [-0.25, -0.2) is 0 Å². The number of nitrogens with one attached hydrogen (secondary N) is 1. The number of rotatable bonds is 0. The van der Waals surface area contributed by atoms with Crippen LogP contribution in [0.5, 0.6) is 0 Å². The van der Waals surface area contributed by atoms with Crippen LogP contribution >= 0.6 is 0 Å². The predicted octanol–water partition coefficient (Wildman–Crippen LogP) is 0.962. The summed E-state index contributed by atoms with van der Waals surface area (Å²) in [6.07, 6.45) is 6.61. The second-order valence-electron chi connectivity index (χ2n) is 3.14. The van der Waals surface area contributed by atoms with Gasteiger partial charge in [0.2, 0.25) is 0 Å². The van der Waals surface area contributed by atoms with Crippen LogP contribution < -0.4 is 5.32 Å². The fraction of sp³-hybridized carbons (Fsp3) is 0.857. The first-order valence-electron chi connectivity index (χ1n) is 3.44. The second kappa shape index (κ2) is 2.98. The summed E-state index contributed by atoms with van der Waals surface area (Å²) >= 11 is 0. The predicted molar refractivity (Wildman–Crippen MR) is 33.5 cm³/mol. The van der Waals surface area contributed by atoms with E-state index in [4.69, 9.17) is 0 Å². The van der Waals surface area contributed by atoms with E-state index in [9.17, 15) is 0 Å². The molecule has 1 saturated carbocycles. The number of hydrogen-bond acceptors (Lipinski definition) is 1. The maximum absolute atomic E-state index is 3.32. The van der Waals surface area contributed by atoms with Crippen molar-refractivity contribution in [3.05, 3.63) is 6.42 Å². The maximum Gasteiger partial charge on any atom is 0 e. The van der Waals surface area contributed by atoms with Crippen LogP contribution in [0, 0.1) is 11.8 Å². The Morgan fingerprint density at radius 1 is 1.33 bits per heavy atom. The summed E-state index contributed by atoms with van der Waals surface area (Å²) in [4.78, 5) is 0. The summed E-state index contributed by atoms with van der Waals surface area (Å²) in [6, 6.07) is 0. The van der Waals surface area contributed by atoms with Crippen molar-refractivity contribution in [1.29, 1.82) is 0 Å². The first-order chi connectivity index (χ1) is 3.91. The standard InChI is InChI=1S/C7H12N.Y/c1-2-4-7(3-1)5-8-6-7;/h1,8H,2-6H2;/q-1;. The van der Waals surface area contributed by atoms with E-state index in [1.54, 1.807) is 0 Å². The van der Waals surface area contributed by atoms with Gasteiger partial charge < -0.3 is 11.7 Å². The topological polar surface area (TPSA) is 12.0 Å².